The molecule has 0 spiro atoms. The number of methoxy groups -OCH3 is 1. The van der Waals surface area contributed by atoms with Crippen LogP contribution in [0.3, 0.4) is 0 Å². The summed E-state index contributed by atoms with van der Waals surface area (Å²) in [4.78, 5) is 7.29. The van der Waals surface area contributed by atoms with Crippen LogP contribution in [0.5, 0.6) is 5.75 Å². The predicted molar refractivity (Wildman–Crippen MR) is 143 cm³/mol. The molecule has 180 valence electrons. The van der Waals surface area contributed by atoms with Crippen LogP contribution in [0.4, 0.5) is 0 Å². The zero-order valence-electron chi connectivity index (χ0n) is 21.8. The van der Waals surface area contributed by atoms with Crippen molar-refractivity contribution in [2.45, 2.75) is 60.0 Å². The Kier molecular flexibility index (Phi) is 7.42. The molecule has 0 radical (unpaired) electrons. The SMILES string of the molecule is C=CC1C(CC)C1CN(Cc1cc(C)c(C)c(C)c1)C(C)Cc1ccnc2ccc(OC)cc12. The summed E-state index contributed by atoms with van der Waals surface area (Å²) in [7, 11) is 1.73. The van der Waals surface area contributed by atoms with E-state index in [0.29, 0.717) is 17.9 Å². The molecular formula is C31H40N2O. The second kappa shape index (κ2) is 10.3. The van der Waals surface area contributed by atoms with Gasteiger partial charge in [-0.25, -0.2) is 0 Å². The Hall–Kier alpha value is -2.65. The number of rotatable bonds is 10. The van der Waals surface area contributed by atoms with Crippen molar-refractivity contribution in [2.24, 2.45) is 17.8 Å². The van der Waals surface area contributed by atoms with E-state index in [4.69, 9.17) is 4.74 Å². The minimum absolute atomic E-state index is 0.405. The van der Waals surface area contributed by atoms with Gasteiger partial charge in [0.2, 0.25) is 0 Å². The van der Waals surface area contributed by atoms with Crippen molar-refractivity contribution in [3.8, 4) is 5.75 Å². The van der Waals surface area contributed by atoms with Gasteiger partial charge in [-0.15, -0.1) is 6.58 Å². The lowest BCUT2D eigenvalue weighted by Gasteiger charge is -2.30. The molecule has 1 aliphatic carbocycles. The number of aromatic nitrogens is 1. The van der Waals surface area contributed by atoms with Gasteiger partial charge >= 0.3 is 0 Å². The summed E-state index contributed by atoms with van der Waals surface area (Å²) in [6, 6.07) is 13.5. The third kappa shape index (κ3) is 5.05. The van der Waals surface area contributed by atoms with E-state index in [1.165, 1.54) is 39.6 Å². The fourth-order valence-corrected chi connectivity index (χ4v) is 5.71. The van der Waals surface area contributed by atoms with Crippen LogP contribution >= 0.6 is 0 Å². The summed E-state index contributed by atoms with van der Waals surface area (Å²) >= 11 is 0. The van der Waals surface area contributed by atoms with Crippen LogP contribution in [-0.2, 0) is 13.0 Å². The zero-order chi connectivity index (χ0) is 24.4. The Morgan fingerprint density at radius 1 is 1.09 bits per heavy atom. The Bertz CT molecular complexity index is 1140. The van der Waals surface area contributed by atoms with Crippen molar-refractivity contribution in [3.05, 3.63) is 83.1 Å². The van der Waals surface area contributed by atoms with Crippen LogP contribution in [0, 0.1) is 38.5 Å². The number of nitrogens with zero attached hydrogens (tertiary/aromatic N) is 2. The van der Waals surface area contributed by atoms with E-state index >= 15 is 0 Å². The smallest absolute Gasteiger partial charge is 0.119 e. The molecule has 34 heavy (non-hydrogen) atoms. The zero-order valence-corrected chi connectivity index (χ0v) is 21.8. The van der Waals surface area contributed by atoms with Crippen molar-refractivity contribution in [1.82, 2.24) is 9.88 Å². The van der Waals surface area contributed by atoms with Gasteiger partial charge < -0.3 is 4.74 Å². The summed E-state index contributed by atoms with van der Waals surface area (Å²) in [5.41, 5.74) is 7.95. The highest BCUT2D eigenvalue weighted by Gasteiger charge is 2.47. The lowest BCUT2D eigenvalue weighted by molar-refractivity contribution is 0.185. The maximum Gasteiger partial charge on any atom is 0.119 e. The molecule has 2 aromatic carbocycles. The van der Waals surface area contributed by atoms with Gasteiger partial charge in [0.05, 0.1) is 12.6 Å². The molecule has 0 aliphatic heterocycles. The van der Waals surface area contributed by atoms with Crippen LogP contribution in [0.2, 0.25) is 0 Å². The Morgan fingerprint density at radius 3 is 2.44 bits per heavy atom. The third-order valence-electron chi connectivity index (χ3n) is 8.14. The summed E-state index contributed by atoms with van der Waals surface area (Å²) in [5.74, 6) is 3.04. The first-order valence-corrected chi connectivity index (χ1v) is 12.7. The molecule has 4 rings (SSSR count). The average molecular weight is 457 g/mol. The van der Waals surface area contributed by atoms with Gasteiger partial charge in [-0.3, -0.25) is 9.88 Å². The molecule has 3 aromatic rings. The van der Waals surface area contributed by atoms with Crippen LogP contribution in [-0.4, -0.2) is 29.6 Å². The van der Waals surface area contributed by atoms with Crippen molar-refractivity contribution >= 4 is 10.9 Å². The molecule has 0 amide bonds. The van der Waals surface area contributed by atoms with Gasteiger partial charge in [0, 0.05) is 30.7 Å². The quantitative estimate of drug-likeness (QED) is 0.305. The van der Waals surface area contributed by atoms with Gasteiger partial charge in [0.1, 0.15) is 5.75 Å². The summed E-state index contributed by atoms with van der Waals surface area (Å²) in [6.45, 7) is 17.6. The number of hydrogen-bond donors (Lipinski definition) is 0. The number of allylic oxidation sites excluding steroid dienone is 1. The first-order chi connectivity index (χ1) is 16.4. The highest BCUT2D eigenvalue weighted by atomic mass is 16.5. The van der Waals surface area contributed by atoms with Gasteiger partial charge in [-0.1, -0.05) is 31.6 Å². The second-order valence-electron chi connectivity index (χ2n) is 10.2. The summed E-state index contributed by atoms with van der Waals surface area (Å²) in [6.07, 6.45) is 6.35. The van der Waals surface area contributed by atoms with E-state index in [1.54, 1.807) is 7.11 Å². The molecule has 0 N–H and O–H groups in total. The highest BCUT2D eigenvalue weighted by Crippen LogP contribution is 2.50. The van der Waals surface area contributed by atoms with Crippen LogP contribution in [0.1, 0.15) is 48.1 Å². The van der Waals surface area contributed by atoms with Gasteiger partial charge in [-0.05, 0) is 104 Å². The number of aryl methyl sites for hydroxylation is 2. The highest BCUT2D eigenvalue weighted by molar-refractivity contribution is 5.83. The lowest BCUT2D eigenvalue weighted by Crippen LogP contribution is -2.36. The molecule has 0 bridgehead atoms. The topological polar surface area (TPSA) is 25.4 Å². The number of fused-ring (bicyclic) bond motifs is 1. The normalized spacial score (nSPS) is 20.5. The second-order valence-corrected chi connectivity index (χ2v) is 10.2. The van der Waals surface area contributed by atoms with Crippen LogP contribution in [0.25, 0.3) is 10.9 Å². The number of hydrogen-bond acceptors (Lipinski definition) is 3. The summed E-state index contributed by atoms with van der Waals surface area (Å²) < 4.78 is 5.50. The third-order valence-corrected chi connectivity index (χ3v) is 8.14. The minimum atomic E-state index is 0.405. The molecule has 4 unspecified atom stereocenters. The van der Waals surface area contributed by atoms with Gasteiger partial charge in [-0.2, -0.15) is 0 Å². The van der Waals surface area contributed by atoms with Crippen molar-refractivity contribution in [3.63, 3.8) is 0 Å². The summed E-state index contributed by atoms with van der Waals surface area (Å²) in [5, 5.41) is 1.19. The molecular weight excluding hydrogens is 416 g/mol. The van der Waals surface area contributed by atoms with E-state index in [2.05, 4.69) is 87.5 Å². The molecule has 1 heterocycles. The Morgan fingerprint density at radius 2 is 1.82 bits per heavy atom. The molecule has 3 nitrogen and oxygen atoms in total. The van der Waals surface area contributed by atoms with Gasteiger partial charge in [0.25, 0.3) is 0 Å². The standard InChI is InChI=1S/C31H40N2O/c1-8-27-28(9-2)30(27)19-33(18-24-14-20(3)23(6)21(4)15-24)22(5)16-25-12-13-32-31-11-10-26(34-7)17-29(25)31/h8,10-15,17,22,27-28,30H,1,9,16,18-19H2,2-7H3. The van der Waals surface area contributed by atoms with Crippen LogP contribution in [0.15, 0.2) is 55.3 Å². The maximum absolute atomic E-state index is 5.50. The van der Waals surface area contributed by atoms with E-state index < -0.39 is 0 Å². The van der Waals surface area contributed by atoms with Gasteiger partial charge in [0.15, 0.2) is 0 Å². The predicted octanol–water partition coefficient (Wildman–Crippen LogP) is 7.06. The average Bonchev–Trinajstić information content (AvgIpc) is 3.53. The van der Waals surface area contributed by atoms with E-state index in [1.807, 2.05) is 12.3 Å². The fourth-order valence-electron chi connectivity index (χ4n) is 5.71. The number of ether oxygens (including phenoxy) is 1. The van der Waals surface area contributed by atoms with E-state index in [0.717, 1.165) is 36.7 Å². The first-order valence-electron chi connectivity index (χ1n) is 12.7. The van der Waals surface area contributed by atoms with Crippen molar-refractivity contribution in [2.75, 3.05) is 13.7 Å². The Labute approximate surface area is 205 Å². The molecule has 1 aromatic heterocycles. The maximum atomic E-state index is 5.50. The Balaban J connectivity index is 1.62. The van der Waals surface area contributed by atoms with E-state index in [-0.39, 0.29) is 0 Å². The van der Waals surface area contributed by atoms with Crippen molar-refractivity contribution < 1.29 is 4.74 Å². The monoisotopic (exact) mass is 456 g/mol. The lowest BCUT2D eigenvalue weighted by atomic mass is 9.98. The molecule has 3 heteroatoms. The van der Waals surface area contributed by atoms with E-state index in [9.17, 15) is 0 Å². The first kappa shape index (κ1) is 24.5. The largest absolute Gasteiger partial charge is 0.497 e. The molecule has 0 saturated heterocycles. The number of benzene rings is 2. The fraction of sp³-hybridized carbons (Fsp3) is 0.452. The van der Waals surface area contributed by atoms with Crippen LogP contribution < -0.4 is 4.74 Å². The molecule has 1 saturated carbocycles. The molecule has 1 fully saturated rings. The number of pyridine rings is 1. The van der Waals surface area contributed by atoms with Crippen molar-refractivity contribution in [1.29, 1.82) is 0 Å². The molecule has 4 atom stereocenters. The molecule has 1 aliphatic rings. The minimum Gasteiger partial charge on any atom is -0.497 e.